The highest BCUT2D eigenvalue weighted by Gasteiger charge is 2.23. The Morgan fingerprint density at radius 3 is 2.00 bits per heavy atom. The number of carbonyl (C=O) groups excluding carboxylic acids is 1. The van der Waals surface area contributed by atoms with Crippen LogP contribution in [-0.2, 0) is 22.6 Å². The maximum Gasteiger partial charge on any atom is 0.322 e. The van der Waals surface area contributed by atoms with Crippen LogP contribution < -0.4 is 0 Å². The van der Waals surface area contributed by atoms with E-state index in [-0.39, 0.29) is 12.0 Å². The van der Waals surface area contributed by atoms with E-state index in [0.29, 0.717) is 13.1 Å². The van der Waals surface area contributed by atoms with Crippen LogP contribution in [-0.4, -0.2) is 34.0 Å². The molecule has 0 saturated heterocycles. The lowest BCUT2D eigenvalue weighted by Gasteiger charge is -2.26. The van der Waals surface area contributed by atoms with Gasteiger partial charge in [-0.25, -0.2) is 0 Å². The molecule has 0 unspecified atom stereocenters. The van der Waals surface area contributed by atoms with E-state index in [2.05, 4.69) is 9.97 Å². The number of ether oxygens (including phenoxy) is 1. The first-order chi connectivity index (χ1) is 10.2. The minimum atomic E-state index is -0.362. The van der Waals surface area contributed by atoms with Crippen LogP contribution in [0.1, 0.15) is 18.3 Å². The molecule has 0 N–H and O–H groups in total. The normalized spacial score (nSPS) is 12.1. The van der Waals surface area contributed by atoms with Crippen molar-refractivity contribution < 1.29 is 9.53 Å². The third kappa shape index (κ3) is 4.36. The molecule has 0 amide bonds. The zero-order valence-electron chi connectivity index (χ0n) is 12.3. The summed E-state index contributed by atoms with van der Waals surface area (Å²) in [5.41, 5.74) is 1.81. The molecule has 2 aromatic heterocycles. The summed E-state index contributed by atoms with van der Waals surface area (Å²) >= 11 is 0. The number of aromatic nitrogens is 2. The van der Waals surface area contributed by atoms with E-state index in [0.717, 1.165) is 11.4 Å². The molecule has 5 heteroatoms. The van der Waals surface area contributed by atoms with E-state index in [9.17, 15) is 4.79 Å². The Kier molecular flexibility index (Phi) is 5.40. The quantitative estimate of drug-likeness (QED) is 0.760. The van der Waals surface area contributed by atoms with Crippen LogP contribution in [0.3, 0.4) is 0 Å². The number of esters is 1. The summed E-state index contributed by atoms with van der Waals surface area (Å²) in [6.07, 6.45) is 3.49. The fourth-order valence-electron chi connectivity index (χ4n) is 2.05. The van der Waals surface area contributed by atoms with Crippen molar-refractivity contribution >= 4 is 5.97 Å². The minimum absolute atomic E-state index is 0.262. The van der Waals surface area contributed by atoms with E-state index >= 15 is 0 Å². The number of hydrogen-bond acceptors (Lipinski definition) is 5. The predicted molar refractivity (Wildman–Crippen MR) is 79.2 cm³/mol. The van der Waals surface area contributed by atoms with Crippen LogP contribution in [0, 0.1) is 0 Å². The van der Waals surface area contributed by atoms with Crippen molar-refractivity contribution in [2.24, 2.45) is 0 Å². The molecule has 2 rings (SSSR count). The highest BCUT2D eigenvalue weighted by Crippen LogP contribution is 2.11. The highest BCUT2D eigenvalue weighted by molar-refractivity contribution is 5.75. The van der Waals surface area contributed by atoms with Crippen molar-refractivity contribution in [1.82, 2.24) is 14.9 Å². The molecular weight excluding hydrogens is 266 g/mol. The number of carbonyl (C=O) groups is 1. The van der Waals surface area contributed by atoms with Crippen LogP contribution >= 0.6 is 0 Å². The molecule has 0 fully saturated rings. The third-order valence-corrected chi connectivity index (χ3v) is 3.27. The largest absolute Gasteiger partial charge is 0.468 e. The molecule has 1 atom stereocenters. The van der Waals surface area contributed by atoms with Gasteiger partial charge in [-0.05, 0) is 31.2 Å². The Balaban J connectivity index is 2.15. The topological polar surface area (TPSA) is 55.3 Å². The maximum absolute atomic E-state index is 11.8. The van der Waals surface area contributed by atoms with Gasteiger partial charge >= 0.3 is 5.97 Å². The van der Waals surface area contributed by atoms with Crippen molar-refractivity contribution in [3.63, 3.8) is 0 Å². The van der Waals surface area contributed by atoms with Crippen molar-refractivity contribution in [2.75, 3.05) is 7.11 Å². The Hall–Kier alpha value is -2.27. The zero-order valence-corrected chi connectivity index (χ0v) is 12.3. The van der Waals surface area contributed by atoms with Crippen LogP contribution in [0.2, 0.25) is 0 Å². The van der Waals surface area contributed by atoms with E-state index < -0.39 is 0 Å². The van der Waals surface area contributed by atoms with E-state index in [1.54, 1.807) is 12.4 Å². The molecule has 0 spiro atoms. The van der Waals surface area contributed by atoms with Gasteiger partial charge in [0.25, 0.3) is 0 Å². The fraction of sp³-hybridized carbons (Fsp3) is 0.312. The summed E-state index contributed by atoms with van der Waals surface area (Å²) in [6, 6.07) is 11.1. The van der Waals surface area contributed by atoms with E-state index in [4.69, 9.17) is 4.74 Å². The third-order valence-electron chi connectivity index (χ3n) is 3.27. The molecule has 0 bridgehead atoms. The lowest BCUT2D eigenvalue weighted by molar-refractivity contribution is -0.146. The molecule has 5 nitrogen and oxygen atoms in total. The standard InChI is InChI=1S/C16H19N3O2/c1-13(16(20)21-2)19(11-14-7-3-5-9-17-14)12-15-8-4-6-10-18-15/h3-10,13H,11-12H2,1-2H3/t13-/m0/s1. The Bertz CT molecular complexity index is 519. The summed E-state index contributed by atoms with van der Waals surface area (Å²) in [6.45, 7) is 2.96. The van der Waals surface area contributed by atoms with Crippen molar-refractivity contribution in [3.8, 4) is 0 Å². The number of nitrogens with zero attached hydrogens (tertiary/aromatic N) is 3. The van der Waals surface area contributed by atoms with Gasteiger partial charge < -0.3 is 4.74 Å². The maximum atomic E-state index is 11.8. The molecule has 2 heterocycles. The summed E-state index contributed by atoms with van der Waals surface area (Å²) < 4.78 is 4.85. The van der Waals surface area contributed by atoms with Gasteiger partial charge in [-0.3, -0.25) is 19.7 Å². The predicted octanol–water partition coefficient (Wildman–Crippen LogP) is 2.04. The fourth-order valence-corrected chi connectivity index (χ4v) is 2.05. The number of rotatable bonds is 6. The van der Waals surface area contributed by atoms with Gasteiger partial charge in [0.1, 0.15) is 6.04 Å². The van der Waals surface area contributed by atoms with Gasteiger partial charge in [-0.1, -0.05) is 12.1 Å². The first kappa shape index (κ1) is 15.1. The number of hydrogen-bond donors (Lipinski definition) is 0. The summed E-state index contributed by atoms with van der Waals surface area (Å²) in [7, 11) is 1.40. The second-order valence-electron chi connectivity index (χ2n) is 4.75. The smallest absolute Gasteiger partial charge is 0.322 e. The molecule has 0 saturated carbocycles. The van der Waals surface area contributed by atoms with Gasteiger partial charge in [-0.15, -0.1) is 0 Å². The SMILES string of the molecule is COC(=O)[C@H](C)N(Cc1ccccn1)Cc1ccccn1. The molecule has 21 heavy (non-hydrogen) atoms. The van der Waals surface area contributed by atoms with Crippen LogP contribution in [0.25, 0.3) is 0 Å². The molecular formula is C16H19N3O2. The summed E-state index contributed by atoms with van der Waals surface area (Å²) in [5, 5.41) is 0. The molecule has 110 valence electrons. The molecule has 0 aliphatic carbocycles. The minimum Gasteiger partial charge on any atom is -0.468 e. The molecule has 0 radical (unpaired) electrons. The van der Waals surface area contributed by atoms with E-state index in [1.165, 1.54) is 7.11 Å². The Labute approximate surface area is 124 Å². The molecule has 0 aromatic carbocycles. The van der Waals surface area contributed by atoms with Crippen molar-refractivity contribution in [3.05, 3.63) is 60.2 Å². The van der Waals surface area contributed by atoms with E-state index in [1.807, 2.05) is 48.2 Å². The number of pyridine rings is 2. The van der Waals surface area contributed by atoms with Crippen LogP contribution in [0.5, 0.6) is 0 Å². The van der Waals surface area contributed by atoms with Gasteiger partial charge in [-0.2, -0.15) is 0 Å². The average Bonchev–Trinajstić information content (AvgIpc) is 2.54. The van der Waals surface area contributed by atoms with Gasteiger partial charge in [0.05, 0.1) is 18.5 Å². The van der Waals surface area contributed by atoms with Crippen LogP contribution in [0.15, 0.2) is 48.8 Å². The second kappa shape index (κ2) is 7.50. The summed E-state index contributed by atoms with van der Waals surface area (Å²) in [4.78, 5) is 22.5. The van der Waals surface area contributed by atoms with Crippen molar-refractivity contribution in [2.45, 2.75) is 26.1 Å². The van der Waals surface area contributed by atoms with Crippen molar-refractivity contribution in [1.29, 1.82) is 0 Å². The molecule has 0 aliphatic rings. The first-order valence-electron chi connectivity index (χ1n) is 6.82. The first-order valence-corrected chi connectivity index (χ1v) is 6.82. The zero-order chi connectivity index (χ0) is 15.1. The number of methoxy groups -OCH3 is 1. The Morgan fingerprint density at radius 2 is 1.62 bits per heavy atom. The highest BCUT2D eigenvalue weighted by atomic mass is 16.5. The van der Waals surface area contributed by atoms with Gasteiger partial charge in [0.2, 0.25) is 0 Å². The van der Waals surface area contributed by atoms with Crippen LogP contribution in [0.4, 0.5) is 0 Å². The lowest BCUT2D eigenvalue weighted by Crippen LogP contribution is -2.39. The average molecular weight is 285 g/mol. The summed E-state index contributed by atoms with van der Waals surface area (Å²) in [5.74, 6) is -0.262. The second-order valence-corrected chi connectivity index (χ2v) is 4.75. The monoisotopic (exact) mass is 285 g/mol. The molecule has 2 aromatic rings. The van der Waals surface area contributed by atoms with Gasteiger partial charge in [0.15, 0.2) is 0 Å². The Morgan fingerprint density at radius 1 is 1.10 bits per heavy atom. The van der Waals surface area contributed by atoms with Gasteiger partial charge in [0, 0.05) is 25.5 Å². The lowest BCUT2D eigenvalue weighted by atomic mass is 10.2. The molecule has 0 aliphatic heterocycles.